The molecule has 2 aliphatic carbocycles. The highest BCUT2D eigenvalue weighted by molar-refractivity contribution is 5.03. The van der Waals surface area contributed by atoms with Gasteiger partial charge in [0, 0.05) is 0 Å². The van der Waals surface area contributed by atoms with Crippen molar-refractivity contribution in [3.05, 3.63) is 0 Å². The van der Waals surface area contributed by atoms with Crippen LogP contribution in [-0.4, -0.2) is 11.2 Å². The van der Waals surface area contributed by atoms with Gasteiger partial charge in [-0.1, -0.05) is 33.1 Å². The Bertz CT molecular complexity index is 178. The lowest BCUT2D eigenvalue weighted by Crippen LogP contribution is -2.13. The van der Waals surface area contributed by atoms with Gasteiger partial charge < -0.3 is 5.11 Å². The highest BCUT2D eigenvalue weighted by Crippen LogP contribution is 2.59. The van der Waals surface area contributed by atoms with E-state index in [1.807, 2.05) is 0 Å². The molecule has 1 heteroatoms. The minimum Gasteiger partial charge on any atom is -0.393 e. The summed E-state index contributed by atoms with van der Waals surface area (Å²) in [5, 5.41) is 10.0. The predicted molar refractivity (Wildman–Crippen MR) is 59.0 cm³/mol. The largest absolute Gasteiger partial charge is 0.393 e. The van der Waals surface area contributed by atoms with Crippen molar-refractivity contribution < 1.29 is 5.11 Å². The van der Waals surface area contributed by atoms with Gasteiger partial charge in [-0.25, -0.2) is 0 Å². The van der Waals surface area contributed by atoms with E-state index in [0.717, 1.165) is 24.2 Å². The van der Waals surface area contributed by atoms with Gasteiger partial charge in [0.25, 0.3) is 0 Å². The van der Waals surface area contributed by atoms with E-state index in [1.54, 1.807) is 0 Å². The molecule has 0 radical (unpaired) electrons. The van der Waals surface area contributed by atoms with Crippen LogP contribution in [0.3, 0.4) is 0 Å². The molecule has 3 atom stereocenters. The lowest BCUT2D eigenvalue weighted by Gasteiger charge is -2.13. The maximum Gasteiger partial charge on any atom is 0.0573 e. The average molecular weight is 196 g/mol. The molecule has 0 aromatic carbocycles. The van der Waals surface area contributed by atoms with Crippen molar-refractivity contribution >= 4 is 0 Å². The molecule has 0 amide bonds. The van der Waals surface area contributed by atoms with Gasteiger partial charge in [-0.3, -0.25) is 0 Å². The third kappa shape index (κ3) is 2.13. The second-order valence-electron chi connectivity index (χ2n) is 5.73. The van der Waals surface area contributed by atoms with Crippen molar-refractivity contribution in [3.63, 3.8) is 0 Å². The maximum atomic E-state index is 10.0. The number of rotatable bonds is 5. The fraction of sp³-hybridized carbons (Fsp3) is 1.00. The second kappa shape index (κ2) is 4.22. The van der Waals surface area contributed by atoms with Crippen LogP contribution in [-0.2, 0) is 0 Å². The highest BCUT2D eigenvalue weighted by atomic mass is 16.3. The van der Waals surface area contributed by atoms with Crippen molar-refractivity contribution in [1.82, 2.24) is 0 Å². The molecule has 1 nitrogen and oxygen atoms in total. The van der Waals surface area contributed by atoms with Crippen LogP contribution in [0.5, 0.6) is 0 Å². The molecule has 0 aliphatic heterocycles. The molecule has 14 heavy (non-hydrogen) atoms. The Kier molecular flexibility index (Phi) is 3.16. The molecular formula is C13H24O. The van der Waals surface area contributed by atoms with Gasteiger partial charge >= 0.3 is 0 Å². The van der Waals surface area contributed by atoms with Gasteiger partial charge in [-0.05, 0) is 42.9 Å². The number of aliphatic hydroxyl groups excluding tert-OH is 1. The molecule has 0 spiro atoms. The zero-order chi connectivity index (χ0) is 10.1. The van der Waals surface area contributed by atoms with Crippen LogP contribution in [0.2, 0.25) is 0 Å². The summed E-state index contributed by atoms with van der Waals surface area (Å²) in [7, 11) is 0. The van der Waals surface area contributed by atoms with Crippen LogP contribution in [0.15, 0.2) is 0 Å². The molecule has 2 saturated carbocycles. The molecule has 2 fully saturated rings. The molecular weight excluding hydrogens is 172 g/mol. The Labute approximate surface area is 87.9 Å². The SMILES string of the molecule is CC(C)CCCC(O)C1C2CCCC21. The van der Waals surface area contributed by atoms with Crippen LogP contribution in [0.4, 0.5) is 0 Å². The molecule has 2 aliphatic rings. The third-order valence-electron chi connectivity index (χ3n) is 4.20. The van der Waals surface area contributed by atoms with Crippen LogP contribution in [0.25, 0.3) is 0 Å². The third-order valence-corrected chi connectivity index (χ3v) is 4.20. The van der Waals surface area contributed by atoms with Gasteiger partial charge in [-0.2, -0.15) is 0 Å². The van der Waals surface area contributed by atoms with Crippen molar-refractivity contribution in [3.8, 4) is 0 Å². The molecule has 0 saturated heterocycles. The van der Waals surface area contributed by atoms with E-state index in [0.29, 0.717) is 5.92 Å². The minimum absolute atomic E-state index is 0.0315. The topological polar surface area (TPSA) is 20.2 Å². The number of fused-ring (bicyclic) bond motifs is 1. The van der Waals surface area contributed by atoms with Gasteiger partial charge in [0.1, 0.15) is 0 Å². The molecule has 0 aromatic rings. The summed E-state index contributed by atoms with van der Waals surface area (Å²) in [6.07, 6.45) is 7.80. The first-order valence-electron chi connectivity index (χ1n) is 6.38. The molecule has 2 rings (SSSR count). The van der Waals surface area contributed by atoms with Crippen molar-refractivity contribution in [2.24, 2.45) is 23.7 Å². The first-order chi connectivity index (χ1) is 6.70. The molecule has 3 unspecified atom stereocenters. The average Bonchev–Trinajstić information content (AvgIpc) is 2.60. The van der Waals surface area contributed by atoms with E-state index in [1.165, 1.54) is 32.1 Å². The first kappa shape index (κ1) is 10.5. The normalized spacial score (nSPS) is 37.3. The van der Waals surface area contributed by atoms with Gasteiger partial charge in [0.05, 0.1) is 6.10 Å². The summed E-state index contributed by atoms with van der Waals surface area (Å²) >= 11 is 0. The van der Waals surface area contributed by atoms with Gasteiger partial charge in [-0.15, -0.1) is 0 Å². The Hall–Kier alpha value is -0.0400. The molecule has 0 heterocycles. The zero-order valence-electron chi connectivity index (χ0n) is 9.58. The van der Waals surface area contributed by atoms with Crippen LogP contribution >= 0.6 is 0 Å². The summed E-state index contributed by atoms with van der Waals surface area (Å²) in [5.74, 6) is 3.34. The lowest BCUT2D eigenvalue weighted by molar-refractivity contribution is 0.122. The smallest absolute Gasteiger partial charge is 0.0573 e. The molecule has 0 aromatic heterocycles. The standard InChI is InChI=1S/C13H24O/c1-9(2)5-3-8-12(14)13-10-6-4-7-11(10)13/h9-14H,3-8H2,1-2H3. The van der Waals surface area contributed by atoms with Gasteiger partial charge in [0.2, 0.25) is 0 Å². The second-order valence-corrected chi connectivity index (χ2v) is 5.73. The first-order valence-corrected chi connectivity index (χ1v) is 6.38. The summed E-state index contributed by atoms with van der Waals surface area (Å²) in [6.45, 7) is 4.52. The molecule has 82 valence electrons. The Morgan fingerprint density at radius 3 is 2.36 bits per heavy atom. The molecule has 0 bridgehead atoms. The minimum atomic E-state index is 0.0315. The van der Waals surface area contributed by atoms with E-state index in [9.17, 15) is 5.11 Å². The summed E-state index contributed by atoms with van der Waals surface area (Å²) in [5.41, 5.74) is 0. The summed E-state index contributed by atoms with van der Waals surface area (Å²) in [4.78, 5) is 0. The van der Waals surface area contributed by atoms with E-state index in [4.69, 9.17) is 0 Å². The zero-order valence-corrected chi connectivity index (χ0v) is 9.58. The lowest BCUT2D eigenvalue weighted by atomic mass is 9.99. The molecule has 1 N–H and O–H groups in total. The van der Waals surface area contributed by atoms with Crippen molar-refractivity contribution in [1.29, 1.82) is 0 Å². The van der Waals surface area contributed by atoms with E-state index >= 15 is 0 Å². The van der Waals surface area contributed by atoms with E-state index < -0.39 is 0 Å². The monoisotopic (exact) mass is 196 g/mol. The summed E-state index contributed by atoms with van der Waals surface area (Å²) < 4.78 is 0. The van der Waals surface area contributed by atoms with Crippen LogP contribution in [0, 0.1) is 23.7 Å². The van der Waals surface area contributed by atoms with Crippen molar-refractivity contribution in [2.45, 2.75) is 58.5 Å². The van der Waals surface area contributed by atoms with Crippen molar-refractivity contribution in [2.75, 3.05) is 0 Å². The number of hydrogen-bond donors (Lipinski definition) is 1. The quantitative estimate of drug-likeness (QED) is 0.716. The maximum absolute atomic E-state index is 10.0. The van der Waals surface area contributed by atoms with Gasteiger partial charge in [0.15, 0.2) is 0 Å². The highest BCUT2D eigenvalue weighted by Gasteiger charge is 2.55. The fourth-order valence-electron chi connectivity index (χ4n) is 3.38. The van der Waals surface area contributed by atoms with E-state index in [-0.39, 0.29) is 6.10 Å². The van der Waals surface area contributed by atoms with Crippen LogP contribution in [0.1, 0.15) is 52.4 Å². The van der Waals surface area contributed by atoms with Crippen LogP contribution < -0.4 is 0 Å². The fourth-order valence-corrected chi connectivity index (χ4v) is 3.38. The Morgan fingerprint density at radius 1 is 1.14 bits per heavy atom. The Morgan fingerprint density at radius 2 is 1.79 bits per heavy atom. The number of aliphatic hydroxyl groups is 1. The summed E-state index contributed by atoms with van der Waals surface area (Å²) in [6, 6.07) is 0. The van der Waals surface area contributed by atoms with E-state index in [2.05, 4.69) is 13.8 Å². The Balaban J connectivity index is 1.63. The predicted octanol–water partition coefficient (Wildman–Crippen LogP) is 3.22. The number of hydrogen-bond acceptors (Lipinski definition) is 1.